The second-order valence-corrected chi connectivity index (χ2v) is 10.7. The summed E-state index contributed by atoms with van der Waals surface area (Å²) in [6, 6.07) is 11.7. The molecule has 0 spiro atoms. The number of pyridine rings is 1. The molecule has 5 rings (SSSR count). The highest BCUT2D eigenvalue weighted by molar-refractivity contribution is 5.97. The van der Waals surface area contributed by atoms with Crippen LogP contribution in [0.25, 0.3) is 17.2 Å². The summed E-state index contributed by atoms with van der Waals surface area (Å²) in [5.74, 6) is 0.463. The van der Waals surface area contributed by atoms with Gasteiger partial charge in [-0.15, -0.1) is 0 Å². The minimum absolute atomic E-state index is 0.0291. The Hall–Kier alpha value is -3.32. The van der Waals surface area contributed by atoms with E-state index >= 15 is 0 Å². The summed E-state index contributed by atoms with van der Waals surface area (Å²) in [6.07, 6.45) is 12.7. The predicted octanol–water partition coefficient (Wildman–Crippen LogP) is 6.07. The van der Waals surface area contributed by atoms with Crippen LogP contribution in [0.15, 0.2) is 48.7 Å². The normalized spacial score (nSPS) is 21.5. The maximum absolute atomic E-state index is 13.4. The lowest BCUT2D eigenvalue weighted by Crippen LogP contribution is -2.38. The molecule has 0 aliphatic heterocycles. The summed E-state index contributed by atoms with van der Waals surface area (Å²) >= 11 is 0. The molecule has 7 nitrogen and oxygen atoms in total. The Balaban J connectivity index is 1.31. The molecule has 0 atom stereocenters. The van der Waals surface area contributed by atoms with Crippen molar-refractivity contribution in [1.82, 2.24) is 14.5 Å². The van der Waals surface area contributed by atoms with E-state index in [1.165, 1.54) is 0 Å². The molecule has 2 aliphatic rings. The monoisotopic (exact) mass is 501 g/mol. The molecule has 2 aliphatic carbocycles. The highest BCUT2D eigenvalue weighted by Crippen LogP contribution is 2.34. The molecule has 0 saturated heterocycles. The summed E-state index contributed by atoms with van der Waals surface area (Å²) in [4.78, 5) is 34.4. The molecule has 1 aromatic carbocycles. The third kappa shape index (κ3) is 5.52. The zero-order valence-corrected chi connectivity index (χ0v) is 21.4. The number of ether oxygens (including phenoxy) is 1. The second-order valence-electron chi connectivity index (χ2n) is 10.7. The number of nitrogens with zero attached hydrogens (tertiary/aromatic N) is 3. The van der Waals surface area contributed by atoms with Crippen molar-refractivity contribution in [2.45, 2.75) is 77.0 Å². The number of hydrogen-bond donors (Lipinski definition) is 1. The van der Waals surface area contributed by atoms with Crippen molar-refractivity contribution in [3.05, 3.63) is 65.6 Å². The van der Waals surface area contributed by atoms with E-state index in [1.807, 2.05) is 53.1 Å². The summed E-state index contributed by atoms with van der Waals surface area (Å²) in [7, 11) is 0. The van der Waals surface area contributed by atoms with Gasteiger partial charge in [-0.3, -0.25) is 4.79 Å². The average molecular weight is 502 g/mol. The molecule has 0 amide bonds. The van der Waals surface area contributed by atoms with Crippen LogP contribution in [0.3, 0.4) is 0 Å². The smallest absolute Gasteiger partial charge is 0.335 e. The molecular formula is C30H35N3O4. The summed E-state index contributed by atoms with van der Waals surface area (Å²) in [5, 5.41) is 9.66. The number of fused-ring (bicyclic) bond motifs is 1. The van der Waals surface area contributed by atoms with Crippen LogP contribution in [-0.2, 0) is 22.7 Å². The van der Waals surface area contributed by atoms with Gasteiger partial charge in [0.15, 0.2) is 17.1 Å². The van der Waals surface area contributed by atoms with E-state index < -0.39 is 11.6 Å². The molecule has 0 unspecified atom stereocenters. The van der Waals surface area contributed by atoms with E-state index in [2.05, 4.69) is 16.9 Å². The van der Waals surface area contributed by atoms with Crippen LogP contribution < -0.4 is 0 Å². The number of carbonyl (C=O) groups excluding carboxylic acids is 1. The molecule has 3 aromatic rings. The van der Waals surface area contributed by atoms with Gasteiger partial charge in [-0.05, 0) is 73.8 Å². The third-order valence-corrected chi connectivity index (χ3v) is 7.98. The number of imidazole rings is 1. The van der Waals surface area contributed by atoms with Gasteiger partial charge in [-0.2, -0.15) is 0 Å². The Morgan fingerprint density at radius 1 is 1.14 bits per heavy atom. The van der Waals surface area contributed by atoms with Crippen molar-refractivity contribution >= 4 is 29.0 Å². The molecule has 0 radical (unpaired) electrons. The third-order valence-electron chi connectivity index (χ3n) is 7.98. The van der Waals surface area contributed by atoms with Gasteiger partial charge in [0.05, 0.1) is 6.61 Å². The van der Waals surface area contributed by atoms with Crippen LogP contribution in [-0.4, -0.2) is 37.0 Å². The van der Waals surface area contributed by atoms with Crippen LogP contribution in [0.4, 0.5) is 0 Å². The molecule has 2 aromatic heterocycles. The van der Waals surface area contributed by atoms with Gasteiger partial charge in [0.2, 0.25) is 5.78 Å². The van der Waals surface area contributed by atoms with Crippen molar-refractivity contribution in [1.29, 1.82) is 0 Å². The van der Waals surface area contributed by atoms with Crippen molar-refractivity contribution in [2.75, 3.05) is 0 Å². The van der Waals surface area contributed by atoms with E-state index in [4.69, 9.17) is 4.74 Å². The molecule has 2 fully saturated rings. The lowest BCUT2D eigenvalue weighted by molar-refractivity contribution is -0.167. The number of carbonyl (C=O) groups is 2. The van der Waals surface area contributed by atoms with Crippen LogP contribution in [0.2, 0.25) is 0 Å². The lowest BCUT2D eigenvalue weighted by Gasteiger charge is -2.24. The minimum Gasteiger partial charge on any atom is -0.479 e. The Kier molecular flexibility index (Phi) is 7.51. The number of aromatic nitrogens is 3. The molecule has 0 bridgehead atoms. The minimum atomic E-state index is -1.05. The van der Waals surface area contributed by atoms with Crippen LogP contribution >= 0.6 is 0 Å². The van der Waals surface area contributed by atoms with Crippen molar-refractivity contribution in [3.8, 4) is 0 Å². The van der Waals surface area contributed by atoms with Gasteiger partial charge in [-0.1, -0.05) is 50.1 Å². The van der Waals surface area contributed by atoms with Crippen LogP contribution in [0.5, 0.6) is 0 Å². The number of carboxylic acid groups (broad SMARTS) is 1. The number of aliphatic carboxylic acids is 1. The van der Waals surface area contributed by atoms with Gasteiger partial charge in [0.25, 0.3) is 0 Å². The standard InChI is InChI=1S/C30H35N3O4/c1-21-11-13-24(14-12-21)26(34)28-32-25-10-5-17-31-27(25)33(28)18-6-9-22-7-4-8-23(19-22)20-37-30(29(35)36)15-2-3-16-30/h4-10,17,19,21,24H,2-3,11-16,18,20H2,1H3,(H,35,36)/b9-6+. The van der Waals surface area contributed by atoms with E-state index in [9.17, 15) is 14.7 Å². The van der Waals surface area contributed by atoms with Crippen molar-refractivity contribution in [3.63, 3.8) is 0 Å². The van der Waals surface area contributed by atoms with Gasteiger partial charge >= 0.3 is 5.97 Å². The SMILES string of the molecule is CC1CCC(C(=O)c2nc3cccnc3n2C/C=C/c2cccc(COC3(C(=O)O)CCCC3)c2)CC1. The van der Waals surface area contributed by atoms with Gasteiger partial charge in [-0.25, -0.2) is 14.8 Å². The fourth-order valence-electron chi connectivity index (χ4n) is 5.69. The first-order valence-electron chi connectivity index (χ1n) is 13.4. The second kappa shape index (κ2) is 11.0. The fourth-order valence-corrected chi connectivity index (χ4v) is 5.69. The quantitative estimate of drug-likeness (QED) is 0.358. The first-order valence-corrected chi connectivity index (χ1v) is 13.4. The predicted molar refractivity (Wildman–Crippen MR) is 142 cm³/mol. The Bertz CT molecular complexity index is 1300. The maximum Gasteiger partial charge on any atom is 0.335 e. The first-order chi connectivity index (χ1) is 17.9. The van der Waals surface area contributed by atoms with Gasteiger partial charge in [0, 0.05) is 18.7 Å². The van der Waals surface area contributed by atoms with Crippen molar-refractivity contribution < 1.29 is 19.4 Å². The fraction of sp³-hybridized carbons (Fsp3) is 0.467. The number of hydrogen-bond acceptors (Lipinski definition) is 5. The summed E-state index contributed by atoms with van der Waals surface area (Å²) in [5.41, 5.74) is 2.33. The number of Topliss-reactive ketones (excluding diaryl/α,β-unsaturated/α-hetero) is 1. The Morgan fingerprint density at radius 3 is 2.68 bits per heavy atom. The average Bonchev–Trinajstić information content (AvgIpc) is 3.54. The summed E-state index contributed by atoms with van der Waals surface area (Å²) in [6.45, 7) is 3.01. The number of benzene rings is 1. The highest BCUT2D eigenvalue weighted by Gasteiger charge is 2.42. The molecule has 2 saturated carbocycles. The van der Waals surface area contributed by atoms with Gasteiger partial charge < -0.3 is 14.4 Å². The number of rotatable bonds is 9. The highest BCUT2D eigenvalue weighted by atomic mass is 16.5. The number of carboxylic acids is 1. The Morgan fingerprint density at radius 2 is 1.92 bits per heavy atom. The van der Waals surface area contributed by atoms with Crippen molar-refractivity contribution in [2.24, 2.45) is 11.8 Å². The zero-order valence-electron chi connectivity index (χ0n) is 21.4. The van der Waals surface area contributed by atoms with E-state index in [-0.39, 0.29) is 18.3 Å². The lowest BCUT2D eigenvalue weighted by atomic mass is 9.81. The number of allylic oxidation sites excluding steroid dienone is 1. The van der Waals surface area contributed by atoms with E-state index in [0.717, 1.165) is 60.8 Å². The molecule has 7 heteroatoms. The number of ketones is 1. The van der Waals surface area contributed by atoms with Crippen LogP contribution in [0, 0.1) is 11.8 Å². The zero-order chi connectivity index (χ0) is 25.8. The van der Waals surface area contributed by atoms with E-state index in [1.54, 1.807) is 6.20 Å². The van der Waals surface area contributed by atoms with E-state index in [0.29, 0.717) is 31.1 Å². The van der Waals surface area contributed by atoms with Gasteiger partial charge in [0.1, 0.15) is 5.52 Å². The summed E-state index contributed by atoms with van der Waals surface area (Å²) < 4.78 is 7.86. The molecule has 194 valence electrons. The molecule has 2 heterocycles. The maximum atomic E-state index is 13.4. The Labute approximate surface area is 217 Å². The molecular weight excluding hydrogens is 466 g/mol. The molecule has 37 heavy (non-hydrogen) atoms. The largest absolute Gasteiger partial charge is 0.479 e. The van der Waals surface area contributed by atoms with Crippen LogP contribution in [0.1, 0.15) is 80.0 Å². The molecule has 1 N–H and O–H groups in total. The topological polar surface area (TPSA) is 94.3 Å². The first kappa shape index (κ1) is 25.3.